The molecule has 1 aliphatic heterocycles. The largest absolute Gasteiger partial charge is 0.472 e. The minimum atomic E-state index is -0.0447. The van der Waals surface area contributed by atoms with Crippen molar-refractivity contribution in [1.82, 2.24) is 9.80 Å². The summed E-state index contributed by atoms with van der Waals surface area (Å²) >= 11 is 0. The van der Waals surface area contributed by atoms with Gasteiger partial charge in [0.1, 0.15) is 6.26 Å². The van der Waals surface area contributed by atoms with Gasteiger partial charge in [0.25, 0.3) is 11.8 Å². The fourth-order valence-electron chi connectivity index (χ4n) is 2.66. The molecule has 1 aromatic heterocycles. The van der Waals surface area contributed by atoms with Crippen molar-refractivity contribution >= 4 is 11.8 Å². The van der Waals surface area contributed by atoms with Crippen LogP contribution in [0.1, 0.15) is 26.3 Å². The Bertz CT molecular complexity index is 671. The highest BCUT2D eigenvalue weighted by molar-refractivity contribution is 5.96. The lowest BCUT2D eigenvalue weighted by Gasteiger charge is -2.34. The van der Waals surface area contributed by atoms with Gasteiger partial charge in [-0.1, -0.05) is 18.2 Å². The van der Waals surface area contributed by atoms with E-state index in [1.807, 2.05) is 36.1 Å². The molecule has 0 spiro atoms. The minimum absolute atomic E-state index is 0.0357. The number of rotatable bonds is 2. The molecule has 114 valence electrons. The lowest BCUT2D eigenvalue weighted by atomic mass is 10.1. The van der Waals surface area contributed by atoms with Gasteiger partial charge in [-0.3, -0.25) is 9.59 Å². The lowest BCUT2D eigenvalue weighted by Crippen LogP contribution is -2.50. The van der Waals surface area contributed by atoms with Crippen molar-refractivity contribution in [3.05, 3.63) is 59.5 Å². The van der Waals surface area contributed by atoms with Gasteiger partial charge in [0, 0.05) is 31.7 Å². The zero-order valence-corrected chi connectivity index (χ0v) is 12.5. The average Bonchev–Trinajstić information content (AvgIpc) is 3.09. The fraction of sp³-hybridized carbons (Fsp3) is 0.294. The number of benzene rings is 1. The van der Waals surface area contributed by atoms with Crippen molar-refractivity contribution in [2.24, 2.45) is 0 Å². The summed E-state index contributed by atoms with van der Waals surface area (Å²) in [4.78, 5) is 28.3. The Labute approximate surface area is 129 Å². The topological polar surface area (TPSA) is 53.8 Å². The third kappa shape index (κ3) is 2.74. The molecule has 22 heavy (non-hydrogen) atoms. The van der Waals surface area contributed by atoms with Crippen molar-refractivity contribution < 1.29 is 14.0 Å². The van der Waals surface area contributed by atoms with Crippen molar-refractivity contribution in [1.29, 1.82) is 0 Å². The predicted octanol–water partition coefficient (Wildman–Crippen LogP) is 2.19. The van der Waals surface area contributed by atoms with Gasteiger partial charge in [0.2, 0.25) is 0 Å². The van der Waals surface area contributed by atoms with Gasteiger partial charge in [-0.05, 0) is 24.6 Å². The molecule has 0 aliphatic carbocycles. The van der Waals surface area contributed by atoms with Crippen LogP contribution in [-0.2, 0) is 0 Å². The van der Waals surface area contributed by atoms with E-state index >= 15 is 0 Å². The van der Waals surface area contributed by atoms with E-state index < -0.39 is 0 Å². The predicted molar refractivity (Wildman–Crippen MR) is 81.7 cm³/mol. The maximum absolute atomic E-state index is 12.5. The molecule has 2 heterocycles. The zero-order valence-electron chi connectivity index (χ0n) is 12.5. The number of hydrogen-bond donors (Lipinski definition) is 0. The van der Waals surface area contributed by atoms with Gasteiger partial charge >= 0.3 is 0 Å². The molecular formula is C17H18N2O3. The molecule has 1 saturated heterocycles. The van der Waals surface area contributed by atoms with Crippen molar-refractivity contribution in [3.63, 3.8) is 0 Å². The lowest BCUT2D eigenvalue weighted by molar-refractivity contribution is 0.0534. The number of nitrogens with zero attached hydrogens (tertiary/aromatic N) is 2. The molecule has 5 nitrogen and oxygen atoms in total. The van der Waals surface area contributed by atoms with Crippen LogP contribution in [0.2, 0.25) is 0 Å². The van der Waals surface area contributed by atoms with Crippen LogP contribution in [0.15, 0.2) is 47.3 Å². The summed E-state index contributed by atoms with van der Waals surface area (Å²) in [6, 6.07) is 9.24. The van der Waals surface area contributed by atoms with Crippen LogP contribution in [0.5, 0.6) is 0 Å². The van der Waals surface area contributed by atoms with Crippen LogP contribution in [0, 0.1) is 6.92 Å². The number of amides is 2. The summed E-state index contributed by atoms with van der Waals surface area (Å²) in [6.07, 6.45) is 2.94. The van der Waals surface area contributed by atoms with E-state index in [4.69, 9.17) is 4.42 Å². The van der Waals surface area contributed by atoms with Crippen LogP contribution in [0.3, 0.4) is 0 Å². The summed E-state index contributed by atoms with van der Waals surface area (Å²) in [5, 5.41) is 0. The SMILES string of the molecule is Cc1ccccc1C(=O)N1CCN(C(=O)c2ccoc2)CC1. The molecule has 1 aliphatic rings. The molecule has 0 unspecified atom stereocenters. The summed E-state index contributed by atoms with van der Waals surface area (Å²) in [5.74, 6) is -0.00903. The molecule has 5 heteroatoms. The van der Waals surface area contributed by atoms with Gasteiger partial charge in [0.05, 0.1) is 11.8 Å². The van der Waals surface area contributed by atoms with Gasteiger partial charge < -0.3 is 14.2 Å². The number of piperazine rings is 1. The van der Waals surface area contributed by atoms with Gasteiger partial charge in [-0.2, -0.15) is 0 Å². The molecular weight excluding hydrogens is 280 g/mol. The van der Waals surface area contributed by atoms with Gasteiger partial charge in [0.15, 0.2) is 0 Å². The second kappa shape index (κ2) is 6.05. The number of hydrogen-bond acceptors (Lipinski definition) is 3. The second-order valence-corrected chi connectivity index (χ2v) is 5.41. The van der Waals surface area contributed by atoms with Crippen molar-refractivity contribution in [2.45, 2.75) is 6.92 Å². The number of furan rings is 1. The molecule has 1 fully saturated rings. The van der Waals surface area contributed by atoms with Crippen LogP contribution in [0.25, 0.3) is 0 Å². The highest BCUT2D eigenvalue weighted by Crippen LogP contribution is 2.14. The Hall–Kier alpha value is -2.56. The average molecular weight is 298 g/mol. The van der Waals surface area contributed by atoms with Crippen LogP contribution >= 0.6 is 0 Å². The number of aryl methyl sites for hydroxylation is 1. The first-order valence-corrected chi connectivity index (χ1v) is 7.33. The van der Waals surface area contributed by atoms with E-state index in [-0.39, 0.29) is 11.8 Å². The Kier molecular flexibility index (Phi) is 3.96. The normalized spacial score (nSPS) is 15.0. The highest BCUT2D eigenvalue weighted by atomic mass is 16.3. The van der Waals surface area contributed by atoms with Crippen molar-refractivity contribution in [2.75, 3.05) is 26.2 Å². The van der Waals surface area contributed by atoms with E-state index in [1.165, 1.54) is 12.5 Å². The van der Waals surface area contributed by atoms with E-state index in [0.717, 1.165) is 11.1 Å². The minimum Gasteiger partial charge on any atom is -0.472 e. The highest BCUT2D eigenvalue weighted by Gasteiger charge is 2.26. The molecule has 2 amide bonds. The van der Waals surface area contributed by atoms with E-state index in [9.17, 15) is 9.59 Å². The van der Waals surface area contributed by atoms with Crippen LogP contribution in [0.4, 0.5) is 0 Å². The molecule has 0 radical (unpaired) electrons. The second-order valence-electron chi connectivity index (χ2n) is 5.41. The standard InChI is InChI=1S/C17H18N2O3/c1-13-4-2-3-5-15(13)17(21)19-9-7-18(8-10-19)16(20)14-6-11-22-12-14/h2-6,11-12H,7-10H2,1H3. The first-order chi connectivity index (χ1) is 10.7. The molecule has 3 rings (SSSR count). The van der Waals surface area contributed by atoms with E-state index in [2.05, 4.69) is 0 Å². The summed E-state index contributed by atoms with van der Waals surface area (Å²) < 4.78 is 4.94. The molecule has 0 atom stereocenters. The summed E-state index contributed by atoms with van der Waals surface area (Å²) in [5.41, 5.74) is 2.26. The maximum Gasteiger partial charge on any atom is 0.257 e. The molecule has 0 N–H and O–H groups in total. The van der Waals surface area contributed by atoms with Crippen molar-refractivity contribution in [3.8, 4) is 0 Å². The Balaban J connectivity index is 1.63. The van der Waals surface area contributed by atoms with Crippen LogP contribution < -0.4 is 0 Å². The smallest absolute Gasteiger partial charge is 0.257 e. The summed E-state index contributed by atoms with van der Waals surface area (Å²) in [6.45, 7) is 4.13. The Morgan fingerprint density at radius 2 is 1.59 bits per heavy atom. The first-order valence-electron chi connectivity index (χ1n) is 7.33. The van der Waals surface area contributed by atoms with Gasteiger partial charge in [-0.25, -0.2) is 0 Å². The van der Waals surface area contributed by atoms with E-state index in [1.54, 1.807) is 11.0 Å². The molecule has 1 aromatic carbocycles. The fourth-order valence-corrected chi connectivity index (χ4v) is 2.66. The first kappa shape index (κ1) is 14.4. The Morgan fingerprint density at radius 1 is 0.955 bits per heavy atom. The monoisotopic (exact) mass is 298 g/mol. The number of carbonyl (C=O) groups excluding carboxylic acids is 2. The third-order valence-electron chi connectivity index (χ3n) is 4.00. The third-order valence-corrected chi connectivity index (χ3v) is 4.00. The number of carbonyl (C=O) groups is 2. The quantitative estimate of drug-likeness (QED) is 0.854. The van der Waals surface area contributed by atoms with E-state index in [0.29, 0.717) is 31.7 Å². The Morgan fingerprint density at radius 3 is 2.18 bits per heavy atom. The summed E-state index contributed by atoms with van der Waals surface area (Å²) in [7, 11) is 0. The zero-order chi connectivity index (χ0) is 15.5. The van der Waals surface area contributed by atoms with Gasteiger partial charge in [-0.15, -0.1) is 0 Å². The maximum atomic E-state index is 12.5. The molecule has 0 saturated carbocycles. The molecule has 2 aromatic rings. The van der Waals surface area contributed by atoms with Crippen LogP contribution in [-0.4, -0.2) is 47.8 Å². The molecule has 0 bridgehead atoms.